The number of Topliss-reactive ketones (excluding diaryl/α,β-unsaturated/α-hetero) is 1. The molecule has 240 valence electrons. The summed E-state index contributed by atoms with van der Waals surface area (Å²) in [4.78, 5) is 45.1. The van der Waals surface area contributed by atoms with Crippen LogP contribution in [-0.4, -0.2) is 67.2 Å². The summed E-state index contributed by atoms with van der Waals surface area (Å²) in [5.41, 5.74) is 21.5. The van der Waals surface area contributed by atoms with Crippen molar-refractivity contribution in [3.8, 4) is 11.5 Å². The number of hydrogen-bond donors (Lipinski definition) is 4. The number of nitrogens with one attached hydrogen (secondary N) is 1. The number of hydrogen-bond acceptors (Lipinski definition) is 9. The van der Waals surface area contributed by atoms with E-state index in [2.05, 4.69) is 5.32 Å². The Balaban J connectivity index is 1.33. The van der Waals surface area contributed by atoms with E-state index in [1.165, 1.54) is 11.3 Å². The summed E-state index contributed by atoms with van der Waals surface area (Å²) in [6.07, 6.45) is 1.96. The van der Waals surface area contributed by atoms with Crippen molar-refractivity contribution in [3.05, 3.63) is 87.8 Å². The average Bonchev–Trinajstić information content (AvgIpc) is 3.45. The third-order valence-corrected chi connectivity index (χ3v) is 10.3. The Labute approximate surface area is 272 Å². The van der Waals surface area contributed by atoms with Gasteiger partial charge < -0.3 is 37.1 Å². The third-order valence-electron chi connectivity index (χ3n) is 9.00. The summed E-state index contributed by atoms with van der Waals surface area (Å²) >= 11 is 1.22. The van der Waals surface area contributed by atoms with Crippen LogP contribution < -0.4 is 27.3 Å². The number of benzene rings is 3. The molecular formula is C35H40N6O4S. The van der Waals surface area contributed by atoms with Crippen LogP contribution in [-0.2, 0) is 15.1 Å². The van der Waals surface area contributed by atoms with Gasteiger partial charge in [-0.3, -0.25) is 14.4 Å². The van der Waals surface area contributed by atoms with Crippen LogP contribution in [0.4, 0.5) is 5.69 Å². The van der Waals surface area contributed by atoms with Crippen molar-refractivity contribution in [3.63, 3.8) is 0 Å². The van der Waals surface area contributed by atoms with Gasteiger partial charge in [-0.2, -0.15) is 0 Å². The zero-order valence-corrected chi connectivity index (χ0v) is 27.2. The standard InChI is InChI=1S/C35H40N6O4S/c1-20-18-23(45-22-9-5-4-6-10-22)11-12-24(20)35(38)25-13-14-26(36)31-28(25)29(30(37)33(35)43)32(46-31)34(44)39-21-8-7-16-41(19-21)27(42)15-17-40(2)3/h4-6,9-14,18,21,30H,7-8,15-17,19,36-38H2,1-3H3,(H,39,44). The lowest BCUT2D eigenvalue weighted by molar-refractivity contribution is -0.132. The number of likely N-dealkylation sites (tertiary alicyclic amines) is 1. The number of rotatable bonds is 8. The molecule has 4 aromatic rings. The van der Waals surface area contributed by atoms with Gasteiger partial charge in [-0.25, -0.2) is 0 Å². The van der Waals surface area contributed by atoms with Gasteiger partial charge in [-0.15, -0.1) is 11.3 Å². The smallest absolute Gasteiger partial charge is 0.262 e. The van der Waals surface area contributed by atoms with Gasteiger partial charge in [0.1, 0.15) is 17.0 Å². The molecule has 2 heterocycles. The van der Waals surface area contributed by atoms with Crippen molar-refractivity contribution < 1.29 is 19.1 Å². The quantitative estimate of drug-likeness (QED) is 0.210. The Morgan fingerprint density at radius 3 is 2.54 bits per heavy atom. The fourth-order valence-electron chi connectivity index (χ4n) is 6.64. The number of carbonyl (C=O) groups excluding carboxylic acids is 3. The van der Waals surface area contributed by atoms with Crippen LogP contribution in [0.5, 0.6) is 11.5 Å². The van der Waals surface area contributed by atoms with E-state index < -0.39 is 17.4 Å². The van der Waals surface area contributed by atoms with Gasteiger partial charge in [0, 0.05) is 48.7 Å². The van der Waals surface area contributed by atoms with Crippen molar-refractivity contribution in [1.82, 2.24) is 15.1 Å². The number of anilines is 1. The predicted molar refractivity (Wildman–Crippen MR) is 181 cm³/mol. The molecule has 2 aliphatic rings. The number of amides is 2. The summed E-state index contributed by atoms with van der Waals surface area (Å²) in [5, 5.41) is 3.77. The molecule has 3 unspecified atom stereocenters. The van der Waals surface area contributed by atoms with E-state index in [0.29, 0.717) is 74.9 Å². The molecule has 3 atom stereocenters. The van der Waals surface area contributed by atoms with Crippen LogP contribution >= 0.6 is 11.3 Å². The zero-order valence-electron chi connectivity index (χ0n) is 26.3. The number of ether oxygens (including phenoxy) is 1. The molecule has 7 N–H and O–H groups in total. The molecule has 1 aliphatic heterocycles. The highest BCUT2D eigenvalue weighted by Gasteiger charge is 2.49. The number of para-hydroxylation sites is 1. The molecule has 6 rings (SSSR count). The fraction of sp³-hybridized carbons (Fsp3) is 0.343. The van der Waals surface area contributed by atoms with Gasteiger partial charge in [0.05, 0.1) is 15.6 Å². The number of nitrogens with two attached hydrogens (primary N) is 3. The molecule has 0 saturated carbocycles. The summed E-state index contributed by atoms with van der Waals surface area (Å²) in [6.45, 7) is 3.66. The van der Waals surface area contributed by atoms with Gasteiger partial charge in [0.25, 0.3) is 5.91 Å². The average molecular weight is 641 g/mol. The van der Waals surface area contributed by atoms with Crippen LogP contribution in [0.2, 0.25) is 0 Å². The molecule has 10 nitrogen and oxygen atoms in total. The number of ketones is 1. The van der Waals surface area contributed by atoms with Crippen molar-refractivity contribution in [2.24, 2.45) is 11.5 Å². The predicted octanol–water partition coefficient (Wildman–Crippen LogP) is 4.04. The monoisotopic (exact) mass is 640 g/mol. The highest BCUT2D eigenvalue weighted by molar-refractivity contribution is 7.21. The van der Waals surface area contributed by atoms with E-state index in [9.17, 15) is 14.4 Å². The number of nitrogen functional groups attached to an aromatic ring is 1. The van der Waals surface area contributed by atoms with E-state index in [-0.39, 0.29) is 17.9 Å². The SMILES string of the molecule is Cc1cc(Oc2ccccc2)ccc1C1(N)C(=O)C(N)c2c(C(=O)NC3CCCN(C(=O)CCN(C)C)C3)sc3c(N)ccc1c23. The van der Waals surface area contributed by atoms with Crippen molar-refractivity contribution in [2.75, 3.05) is 39.5 Å². The highest BCUT2D eigenvalue weighted by Crippen LogP contribution is 2.50. The lowest BCUT2D eigenvalue weighted by Gasteiger charge is -2.37. The first-order valence-electron chi connectivity index (χ1n) is 15.5. The lowest BCUT2D eigenvalue weighted by atomic mass is 9.69. The van der Waals surface area contributed by atoms with Crippen LogP contribution in [0.25, 0.3) is 10.1 Å². The molecule has 0 spiro atoms. The second-order valence-electron chi connectivity index (χ2n) is 12.5. The zero-order chi connectivity index (χ0) is 32.7. The number of carbonyl (C=O) groups is 3. The van der Waals surface area contributed by atoms with E-state index in [1.54, 1.807) is 24.3 Å². The first-order valence-corrected chi connectivity index (χ1v) is 16.3. The minimum Gasteiger partial charge on any atom is -0.457 e. The molecule has 1 fully saturated rings. The van der Waals surface area contributed by atoms with E-state index in [0.717, 1.165) is 18.4 Å². The van der Waals surface area contributed by atoms with Gasteiger partial charge in [-0.1, -0.05) is 30.3 Å². The van der Waals surface area contributed by atoms with Gasteiger partial charge in [0.15, 0.2) is 5.78 Å². The topological polar surface area (TPSA) is 157 Å². The summed E-state index contributed by atoms with van der Waals surface area (Å²) < 4.78 is 6.68. The summed E-state index contributed by atoms with van der Waals surface area (Å²) in [6, 6.07) is 17.0. The number of thiophene rings is 1. The molecule has 1 aromatic heterocycles. The van der Waals surface area contributed by atoms with Crippen molar-refractivity contribution >= 4 is 44.7 Å². The molecule has 11 heteroatoms. The molecule has 0 bridgehead atoms. The minimum atomic E-state index is -1.57. The summed E-state index contributed by atoms with van der Waals surface area (Å²) in [5.74, 6) is 0.638. The molecule has 1 saturated heterocycles. The number of piperidine rings is 1. The van der Waals surface area contributed by atoms with Crippen LogP contribution in [0, 0.1) is 6.92 Å². The number of aryl methyl sites for hydroxylation is 1. The van der Waals surface area contributed by atoms with Gasteiger partial charge >= 0.3 is 0 Å². The number of nitrogens with zero attached hydrogens (tertiary/aromatic N) is 2. The van der Waals surface area contributed by atoms with Crippen molar-refractivity contribution in [2.45, 2.75) is 43.8 Å². The molecule has 46 heavy (non-hydrogen) atoms. The normalized spacial score (nSPS) is 21.1. The molecule has 0 radical (unpaired) electrons. The molecule has 3 aromatic carbocycles. The second-order valence-corrected chi connectivity index (χ2v) is 13.5. The van der Waals surface area contributed by atoms with Crippen molar-refractivity contribution in [1.29, 1.82) is 0 Å². The highest BCUT2D eigenvalue weighted by atomic mass is 32.1. The van der Waals surface area contributed by atoms with Crippen LogP contribution in [0.3, 0.4) is 0 Å². The van der Waals surface area contributed by atoms with E-state index in [4.69, 9.17) is 21.9 Å². The Morgan fingerprint density at radius 1 is 1.09 bits per heavy atom. The Morgan fingerprint density at radius 2 is 1.83 bits per heavy atom. The van der Waals surface area contributed by atoms with E-state index in [1.807, 2.05) is 67.2 Å². The third kappa shape index (κ3) is 5.64. The maximum atomic E-state index is 14.3. The maximum absolute atomic E-state index is 14.3. The van der Waals surface area contributed by atoms with Gasteiger partial charge in [0.2, 0.25) is 5.91 Å². The first kappa shape index (κ1) is 31.7. The Bertz CT molecular complexity index is 1820. The first-order chi connectivity index (χ1) is 22.0. The van der Waals surface area contributed by atoms with E-state index >= 15 is 0 Å². The Hall–Kier alpha value is -4.29. The van der Waals surface area contributed by atoms with Gasteiger partial charge in [-0.05, 0) is 80.9 Å². The fourth-order valence-corrected chi connectivity index (χ4v) is 7.85. The Kier molecular flexibility index (Phi) is 8.60. The van der Waals surface area contributed by atoms with Crippen LogP contribution in [0.1, 0.15) is 57.2 Å². The lowest BCUT2D eigenvalue weighted by Crippen LogP contribution is -2.53. The minimum absolute atomic E-state index is 0.0730. The molecular weight excluding hydrogens is 600 g/mol. The van der Waals surface area contributed by atoms with Crippen LogP contribution in [0.15, 0.2) is 60.7 Å². The second kappa shape index (κ2) is 12.5. The summed E-state index contributed by atoms with van der Waals surface area (Å²) in [7, 11) is 3.87. The molecule has 1 aliphatic carbocycles. The maximum Gasteiger partial charge on any atom is 0.262 e. The largest absolute Gasteiger partial charge is 0.457 e. The molecule has 2 amide bonds.